The number of rotatable bonds is 4. The molecule has 140 valence electrons. The van der Waals surface area contributed by atoms with Crippen molar-refractivity contribution in [3.63, 3.8) is 0 Å². The van der Waals surface area contributed by atoms with Crippen molar-refractivity contribution in [2.45, 2.75) is 6.92 Å². The molecule has 0 saturated carbocycles. The number of anilines is 2. The van der Waals surface area contributed by atoms with Gasteiger partial charge in [0, 0.05) is 31.7 Å². The molecule has 4 aromatic rings. The zero-order valence-corrected chi connectivity index (χ0v) is 17.2. The third-order valence-electron chi connectivity index (χ3n) is 4.25. The third kappa shape index (κ3) is 4.04. The highest BCUT2D eigenvalue weighted by molar-refractivity contribution is 7.16. The lowest BCUT2D eigenvalue weighted by molar-refractivity contribution is 0.631. The molecule has 2 nitrogen and oxygen atoms in total. The van der Waals surface area contributed by atoms with Crippen LogP contribution in [0.2, 0.25) is 10.0 Å². The van der Waals surface area contributed by atoms with Crippen molar-refractivity contribution in [2.75, 3.05) is 5.32 Å². The number of halogens is 3. The van der Waals surface area contributed by atoms with Crippen LogP contribution in [0.25, 0.3) is 22.4 Å². The summed E-state index contributed by atoms with van der Waals surface area (Å²) < 4.78 is 14.0. The first-order valence-corrected chi connectivity index (χ1v) is 10.1. The van der Waals surface area contributed by atoms with E-state index in [-0.39, 0.29) is 5.82 Å². The van der Waals surface area contributed by atoms with Crippen LogP contribution >= 0.6 is 34.5 Å². The Morgan fingerprint density at radius 1 is 0.893 bits per heavy atom. The van der Waals surface area contributed by atoms with Gasteiger partial charge in [-0.1, -0.05) is 65.7 Å². The minimum atomic E-state index is -0.230. The van der Waals surface area contributed by atoms with E-state index in [0.717, 1.165) is 32.5 Å². The number of nitrogens with zero attached hydrogens (tertiary/aromatic N) is 1. The first kappa shape index (κ1) is 18.9. The quantitative estimate of drug-likeness (QED) is 0.356. The van der Waals surface area contributed by atoms with E-state index in [1.807, 2.05) is 37.3 Å². The molecule has 0 saturated heterocycles. The van der Waals surface area contributed by atoms with Crippen molar-refractivity contribution < 1.29 is 4.39 Å². The summed E-state index contributed by atoms with van der Waals surface area (Å²) in [4.78, 5) is 5.78. The number of aromatic nitrogens is 1. The summed E-state index contributed by atoms with van der Waals surface area (Å²) in [6.07, 6.45) is 0. The Morgan fingerprint density at radius 2 is 1.54 bits per heavy atom. The Bertz CT molecular complexity index is 1120. The number of aryl methyl sites for hydroxylation is 1. The Labute approximate surface area is 176 Å². The van der Waals surface area contributed by atoms with Crippen LogP contribution in [-0.4, -0.2) is 4.98 Å². The van der Waals surface area contributed by atoms with E-state index in [2.05, 4.69) is 5.32 Å². The van der Waals surface area contributed by atoms with Gasteiger partial charge >= 0.3 is 0 Å². The summed E-state index contributed by atoms with van der Waals surface area (Å²) in [5, 5.41) is 5.13. The molecule has 0 bridgehead atoms. The van der Waals surface area contributed by atoms with Crippen molar-refractivity contribution in [1.82, 2.24) is 4.98 Å². The van der Waals surface area contributed by atoms with Crippen LogP contribution in [0.3, 0.4) is 0 Å². The van der Waals surface area contributed by atoms with Gasteiger partial charge < -0.3 is 5.32 Å². The highest BCUT2D eigenvalue weighted by Crippen LogP contribution is 2.34. The minimum Gasteiger partial charge on any atom is -0.331 e. The molecule has 0 aliphatic heterocycles. The van der Waals surface area contributed by atoms with Crippen LogP contribution in [0.5, 0.6) is 0 Å². The van der Waals surface area contributed by atoms with Gasteiger partial charge in [0.1, 0.15) is 5.82 Å². The van der Waals surface area contributed by atoms with E-state index in [4.69, 9.17) is 28.2 Å². The Balaban J connectivity index is 1.61. The zero-order chi connectivity index (χ0) is 19.7. The summed E-state index contributed by atoms with van der Waals surface area (Å²) in [6.45, 7) is 2.02. The first-order valence-electron chi connectivity index (χ1n) is 8.55. The van der Waals surface area contributed by atoms with E-state index < -0.39 is 0 Å². The highest BCUT2D eigenvalue weighted by atomic mass is 35.5. The topological polar surface area (TPSA) is 24.9 Å². The molecule has 4 rings (SSSR count). The van der Waals surface area contributed by atoms with E-state index >= 15 is 0 Å². The van der Waals surface area contributed by atoms with Crippen molar-refractivity contribution >= 4 is 45.4 Å². The number of thiazole rings is 1. The minimum absolute atomic E-state index is 0.230. The first-order chi connectivity index (χ1) is 13.5. The van der Waals surface area contributed by atoms with Gasteiger partial charge in [-0.15, -0.1) is 11.3 Å². The average Bonchev–Trinajstić information content (AvgIpc) is 3.01. The van der Waals surface area contributed by atoms with Gasteiger partial charge in [0.2, 0.25) is 0 Å². The average molecular weight is 429 g/mol. The van der Waals surface area contributed by atoms with E-state index in [0.29, 0.717) is 15.6 Å². The summed E-state index contributed by atoms with van der Waals surface area (Å²) >= 11 is 13.7. The predicted octanol–water partition coefficient (Wildman–Crippen LogP) is 7.98. The number of benzene rings is 3. The molecule has 1 heterocycles. The van der Waals surface area contributed by atoms with Crippen molar-refractivity contribution in [3.8, 4) is 22.4 Å². The molecular weight excluding hydrogens is 414 g/mol. The third-order valence-corrected chi connectivity index (χ3v) is 5.58. The van der Waals surface area contributed by atoms with Gasteiger partial charge in [0.25, 0.3) is 0 Å². The largest absolute Gasteiger partial charge is 0.331 e. The SMILES string of the molecule is Cc1sc(Nc2cc(Cl)cc(Cl)c2)nc1-c1ccc(-c2ccccc2F)cc1. The molecule has 3 aromatic carbocycles. The van der Waals surface area contributed by atoms with Crippen LogP contribution < -0.4 is 5.32 Å². The van der Waals surface area contributed by atoms with Gasteiger partial charge in [-0.2, -0.15) is 0 Å². The second kappa shape index (κ2) is 7.92. The van der Waals surface area contributed by atoms with Gasteiger partial charge in [-0.25, -0.2) is 9.37 Å². The number of nitrogens with one attached hydrogen (secondary N) is 1. The Kier molecular flexibility index (Phi) is 5.36. The molecule has 1 aromatic heterocycles. The van der Waals surface area contributed by atoms with E-state index in [9.17, 15) is 4.39 Å². The normalized spacial score (nSPS) is 10.9. The van der Waals surface area contributed by atoms with Gasteiger partial charge in [-0.3, -0.25) is 0 Å². The van der Waals surface area contributed by atoms with Crippen LogP contribution in [0.4, 0.5) is 15.2 Å². The second-order valence-electron chi connectivity index (χ2n) is 6.26. The molecule has 0 unspecified atom stereocenters. The summed E-state index contributed by atoms with van der Waals surface area (Å²) in [5.74, 6) is -0.230. The van der Waals surface area contributed by atoms with Crippen LogP contribution in [-0.2, 0) is 0 Å². The van der Waals surface area contributed by atoms with Crippen molar-refractivity contribution in [3.05, 3.63) is 87.5 Å². The lowest BCUT2D eigenvalue weighted by Gasteiger charge is -2.05. The molecule has 0 radical (unpaired) electrons. The summed E-state index contributed by atoms with van der Waals surface area (Å²) in [6, 6.07) is 19.8. The maximum atomic E-state index is 14.0. The fraction of sp³-hybridized carbons (Fsp3) is 0.0455. The molecule has 0 amide bonds. The predicted molar refractivity (Wildman–Crippen MR) is 117 cm³/mol. The maximum absolute atomic E-state index is 14.0. The Morgan fingerprint density at radius 3 is 2.21 bits per heavy atom. The Hall–Kier alpha value is -2.40. The standard InChI is InChI=1S/C22H15Cl2FN2S/c1-13-21(27-22(28-13)26-18-11-16(23)10-17(24)12-18)15-8-6-14(7-9-15)19-4-2-3-5-20(19)25/h2-12H,1H3,(H,26,27). The highest BCUT2D eigenvalue weighted by Gasteiger charge is 2.12. The molecular formula is C22H15Cl2FN2S. The molecule has 28 heavy (non-hydrogen) atoms. The molecule has 0 spiro atoms. The molecule has 0 aliphatic rings. The van der Waals surface area contributed by atoms with Crippen molar-refractivity contribution in [1.29, 1.82) is 0 Å². The fourth-order valence-corrected chi connectivity index (χ4v) is 4.35. The summed E-state index contributed by atoms with van der Waals surface area (Å²) in [5.41, 5.74) is 4.07. The lowest BCUT2D eigenvalue weighted by Crippen LogP contribution is -1.90. The number of hydrogen-bond acceptors (Lipinski definition) is 3. The van der Waals surface area contributed by atoms with Gasteiger partial charge in [0.15, 0.2) is 5.13 Å². The molecule has 0 atom stereocenters. The molecule has 1 N–H and O–H groups in total. The monoisotopic (exact) mass is 428 g/mol. The molecule has 0 aliphatic carbocycles. The lowest BCUT2D eigenvalue weighted by atomic mass is 10.0. The summed E-state index contributed by atoms with van der Waals surface area (Å²) in [7, 11) is 0. The van der Waals surface area contributed by atoms with E-state index in [1.165, 1.54) is 6.07 Å². The second-order valence-corrected chi connectivity index (χ2v) is 8.34. The molecule has 0 fully saturated rings. The number of hydrogen-bond donors (Lipinski definition) is 1. The fourth-order valence-electron chi connectivity index (χ4n) is 2.97. The smallest absolute Gasteiger partial charge is 0.187 e. The van der Waals surface area contributed by atoms with Gasteiger partial charge in [0.05, 0.1) is 5.69 Å². The van der Waals surface area contributed by atoms with Crippen LogP contribution in [0.15, 0.2) is 66.7 Å². The maximum Gasteiger partial charge on any atom is 0.187 e. The molecule has 6 heteroatoms. The van der Waals surface area contributed by atoms with E-state index in [1.54, 1.807) is 41.7 Å². The van der Waals surface area contributed by atoms with Crippen LogP contribution in [0, 0.1) is 12.7 Å². The van der Waals surface area contributed by atoms with Gasteiger partial charge in [-0.05, 0) is 36.8 Å². The zero-order valence-electron chi connectivity index (χ0n) is 14.8. The van der Waals surface area contributed by atoms with Crippen molar-refractivity contribution in [2.24, 2.45) is 0 Å². The van der Waals surface area contributed by atoms with Crippen LogP contribution in [0.1, 0.15) is 4.88 Å².